The van der Waals surface area contributed by atoms with Crippen LogP contribution in [0.1, 0.15) is 18.1 Å². The molecule has 17 heavy (non-hydrogen) atoms. The van der Waals surface area contributed by atoms with Crippen LogP contribution in [0.3, 0.4) is 0 Å². The number of phenolic OH excluding ortho intramolecular Hbond substituents is 1. The predicted molar refractivity (Wildman–Crippen MR) is 56.4 cm³/mol. The number of ether oxygens (including phenoxy) is 1. The van der Waals surface area contributed by atoms with Crippen molar-refractivity contribution < 1.29 is 24.7 Å². The van der Waals surface area contributed by atoms with E-state index < -0.39 is 23.4 Å². The van der Waals surface area contributed by atoms with Crippen LogP contribution in [-0.4, -0.2) is 28.2 Å². The van der Waals surface area contributed by atoms with Crippen molar-refractivity contribution in [3.63, 3.8) is 0 Å². The van der Waals surface area contributed by atoms with Crippen LogP contribution in [-0.2, 0) is 9.53 Å². The average molecular weight is 241 g/mol. The molecule has 1 rings (SSSR count). The molecule has 0 aliphatic rings. The summed E-state index contributed by atoms with van der Waals surface area (Å²) >= 11 is 0. The molecular formula is C10H11NO6. The van der Waals surface area contributed by atoms with Crippen LogP contribution in [0.2, 0.25) is 0 Å². The Kier molecular flexibility index (Phi) is 4.00. The van der Waals surface area contributed by atoms with E-state index in [-0.39, 0.29) is 17.0 Å². The van der Waals surface area contributed by atoms with E-state index in [9.17, 15) is 25.1 Å². The minimum atomic E-state index is -1.39. The monoisotopic (exact) mass is 241 g/mol. The molecule has 1 atom stereocenters. The first-order chi connectivity index (χ1) is 7.95. The molecule has 1 aromatic carbocycles. The Hall–Kier alpha value is -2.15. The van der Waals surface area contributed by atoms with Gasteiger partial charge in [0.15, 0.2) is 0 Å². The third kappa shape index (κ3) is 3.15. The quantitative estimate of drug-likeness (QED) is 0.460. The first kappa shape index (κ1) is 12.9. The molecule has 2 N–H and O–H groups in total. The predicted octanol–water partition coefficient (Wildman–Crippen LogP) is 0.897. The highest BCUT2D eigenvalue weighted by Crippen LogP contribution is 2.30. The zero-order chi connectivity index (χ0) is 13.0. The number of nitro groups is 1. The molecule has 0 aliphatic heterocycles. The number of esters is 1. The van der Waals surface area contributed by atoms with Gasteiger partial charge in [-0.25, -0.2) is 0 Å². The molecule has 1 aromatic rings. The highest BCUT2D eigenvalue weighted by atomic mass is 16.6. The summed E-state index contributed by atoms with van der Waals surface area (Å²) < 4.78 is 4.34. The topological polar surface area (TPSA) is 110 Å². The molecule has 0 unspecified atom stereocenters. The van der Waals surface area contributed by atoms with Crippen LogP contribution in [0.4, 0.5) is 5.69 Å². The fraction of sp³-hybridized carbons (Fsp3) is 0.300. The van der Waals surface area contributed by atoms with Gasteiger partial charge in [-0.3, -0.25) is 14.9 Å². The molecule has 0 bridgehead atoms. The molecule has 0 aromatic heterocycles. The van der Waals surface area contributed by atoms with E-state index in [1.807, 2.05) is 0 Å². The van der Waals surface area contributed by atoms with E-state index in [1.165, 1.54) is 0 Å². The van der Waals surface area contributed by atoms with Gasteiger partial charge in [-0.15, -0.1) is 0 Å². The Balaban J connectivity index is 3.06. The maximum Gasteiger partial charge on any atom is 0.308 e. The van der Waals surface area contributed by atoms with Gasteiger partial charge in [-0.1, -0.05) is 0 Å². The van der Waals surface area contributed by atoms with Crippen molar-refractivity contribution in [1.82, 2.24) is 0 Å². The Morgan fingerprint density at radius 2 is 2.24 bits per heavy atom. The molecule has 0 fully saturated rings. The van der Waals surface area contributed by atoms with Crippen molar-refractivity contribution in [1.29, 1.82) is 0 Å². The maximum absolute atomic E-state index is 10.9. The molecule has 0 saturated heterocycles. The van der Waals surface area contributed by atoms with E-state index in [4.69, 9.17) is 0 Å². The van der Waals surface area contributed by atoms with Gasteiger partial charge >= 0.3 is 5.97 Å². The van der Waals surface area contributed by atoms with E-state index in [0.717, 1.165) is 25.3 Å². The van der Waals surface area contributed by atoms with E-state index in [0.29, 0.717) is 0 Å². The molecule has 0 spiro atoms. The summed E-state index contributed by atoms with van der Waals surface area (Å²) in [6.07, 6.45) is -1.81. The van der Waals surface area contributed by atoms with Crippen molar-refractivity contribution >= 4 is 11.7 Å². The van der Waals surface area contributed by atoms with Crippen LogP contribution in [0, 0.1) is 10.1 Å². The van der Waals surface area contributed by atoms with Crippen LogP contribution in [0.25, 0.3) is 0 Å². The van der Waals surface area contributed by atoms with Crippen molar-refractivity contribution in [3.05, 3.63) is 33.9 Å². The van der Waals surface area contributed by atoms with Gasteiger partial charge < -0.3 is 14.9 Å². The van der Waals surface area contributed by atoms with Crippen molar-refractivity contribution in [2.24, 2.45) is 0 Å². The molecule has 0 saturated carbocycles. The molecule has 0 heterocycles. The number of rotatable bonds is 4. The van der Waals surface area contributed by atoms with Crippen LogP contribution < -0.4 is 0 Å². The van der Waals surface area contributed by atoms with Gasteiger partial charge in [0.2, 0.25) is 0 Å². The zero-order valence-electron chi connectivity index (χ0n) is 8.99. The number of aliphatic hydroxyl groups excluding tert-OH is 1. The summed E-state index contributed by atoms with van der Waals surface area (Å²) in [6.45, 7) is 0. The van der Waals surface area contributed by atoms with Gasteiger partial charge in [0.05, 0.1) is 30.1 Å². The molecule has 0 radical (unpaired) electrons. The Bertz CT molecular complexity index is 444. The largest absolute Gasteiger partial charge is 0.508 e. The number of carbonyl (C=O) groups is 1. The highest BCUT2D eigenvalue weighted by Gasteiger charge is 2.23. The van der Waals surface area contributed by atoms with Crippen molar-refractivity contribution in [3.8, 4) is 5.75 Å². The number of nitro benzene ring substituents is 1. The number of phenols is 1. The third-order valence-electron chi connectivity index (χ3n) is 2.15. The van der Waals surface area contributed by atoms with Crippen molar-refractivity contribution in [2.45, 2.75) is 12.5 Å². The number of methoxy groups -OCH3 is 1. The lowest BCUT2D eigenvalue weighted by Gasteiger charge is -2.10. The number of hydrogen-bond donors (Lipinski definition) is 2. The minimum Gasteiger partial charge on any atom is -0.508 e. The molecule has 7 heteroatoms. The summed E-state index contributed by atoms with van der Waals surface area (Å²) in [5, 5.41) is 29.6. The second-order valence-corrected chi connectivity index (χ2v) is 3.30. The Labute approximate surface area is 96.4 Å². The Morgan fingerprint density at radius 3 is 2.76 bits per heavy atom. The second-order valence-electron chi connectivity index (χ2n) is 3.30. The van der Waals surface area contributed by atoms with Gasteiger partial charge in [0.1, 0.15) is 5.75 Å². The normalized spacial score (nSPS) is 11.9. The smallest absolute Gasteiger partial charge is 0.308 e. The fourth-order valence-electron chi connectivity index (χ4n) is 1.33. The maximum atomic E-state index is 10.9. The summed E-state index contributed by atoms with van der Waals surface area (Å²) in [6, 6.07) is 3.24. The lowest BCUT2D eigenvalue weighted by Crippen LogP contribution is -2.09. The summed E-state index contributed by atoms with van der Waals surface area (Å²) in [7, 11) is 1.14. The SMILES string of the molecule is COC(=O)C[C@H](O)c1cc(O)ccc1[N+](=O)[O-]. The number of carbonyl (C=O) groups excluding carboxylic acids is 1. The Morgan fingerprint density at radius 1 is 1.59 bits per heavy atom. The van der Waals surface area contributed by atoms with Gasteiger partial charge in [-0.05, 0) is 12.1 Å². The molecule has 0 aliphatic carbocycles. The summed E-state index contributed by atoms with van der Waals surface area (Å²) in [5.41, 5.74) is -0.486. The number of aliphatic hydroxyl groups is 1. The standard InChI is InChI=1S/C10H11NO6/c1-17-10(14)5-9(13)7-4-6(12)2-3-8(7)11(15)16/h2-4,9,12-13H,5H2,1H3/t9-/m0/s1. The number of nitrogens with zero attached hydrogens (tertiary/aromatic N) is 1. The van der Waals surface area contributed by atoms with Gasteiger partial charge in [0, 0.05) is 6.07 Å². The van der Waals surface area contributed by atoms with Crippen molar-refractivity contribution in [2.75, 3.05) is 7.11 Å². The van der Waals surface area contributed by atoms with Crippen LogP contribution >= 0.6 is 0 Å². The van der Waals surface area contributed by atoms with Crippen LogP contribution in [0.15, 0.2) is 18.2 Å². The third-order valence-corrected chi connectivity index (χ3v) is 2.15. The average Bonchev–Trinajstić information content (AvgIpc) is 2.28. The molecule has 92 valence electrons. The van der Waals surface area contributed by atoms with E-state index in [2.05, 4.69) is 4.74 Å². The van der Waals surface area contributed by atoms with Gasteiger partial charge in [-0.2, -0.15) is 0 Å². The van der Waals surface area contributed by atoms with Crippen LogP contribution in [0.5, 0.6) is 5.75 Å². The first-order valence-electron chi connectivity index (χ1n) is 4.68. The van der Waals surface area contributed by atoms with Gasteiger partial charge in [0.25, 0.3) is 5.69 Å². The zero-order valence-corrected chi connectivity index (χ0v) is 8.99. The first-order valence-corrected chi connectivity index (χ1v) is 4.68. The molecule has 0 amide bonds. The highest BCUT2D eigenvalue weighted by molar-refractivity contribution is 5.70. The minimum absolute atomic E-state index is 0.125. The number of hydrogen-bond acceptors (Lipinski definition) is 6. The molecular weight excluding hydrogens is 230 g/mol. The van der Waals surface area contributed by atoms with E-state index in [1.54, 1.807) is 0 Å². The number of aromatic hydroxyl groups is 1. The lowest BCUT2D eigenvalue weighted by atomic mass is 10.0. The lowest BCUT2D eigenvalue weighted by molar-refractivity contribution is -0.386. The summed E-state index contributed by atoms with van der Waals surface area (Å²) in [5.74, 6) is -0.926. The molecule has 7 nitrogen and oxygen atoms in total. The fourth-order valence-corrected chi connectivity index (χ4v) is 1.33. The van der Waals surface area contributed by atoms with E-state index >= 15 is 0 Å². The number of benzene rings is 1. The summed E-state index contributed by atoms with van der Waals surface area (Å²) in [4.78, 5) is 20.9. The second kappa shape index (κ2) is 5.26.